The SMILES string of the molecule is COC(=O)c1ccc2c(c1)C1(CCN(Cc3ccccc3Cl)CC1)C(=O)N2. The highest BCUT2D eigenvalue weighted by Crippen LogP contribution is 2.45. The van der Waals surface area contributed by atoms with E-state index >= 15 is 0 Å². The van der Waals surface area contributed by atoms with Crippen molar-refractivity contribution in [1.29, 1.82) is 0 Å². The van der Waals surface area contributed by atoms with Gasteiger partial charge in [-0.05, 0) is 61.3 Å². The molecule has 2 aliphatic rings. The van der Waals surface area contributed by atoms with Gasteiger partial charge >= 0.3 is 5.97 Å². The Balaban J connectivity index is 1.55. The number of nitrogens with zero attached hydrogens (tertiary/aromatic N) is 1. The lowest BCUT2D eigenvalue weighted by atomic mass is 9.73. The monoisotopic (exact) mass is 384 g/mol. The minimum Gasteiger partial charge on any atom is -0.465 e. The van der Waals surface area contributed by atoms with Crippen LogP contribution in [0, 0.1) is 0 Å². The van der Waals surface area contributed by atoms with Gasteiger partial charge in [0.1, 0.15) is 0 Å². The molecule has 2 aliphatic heterocycles. The van der Waals surface area contributed by atoms with Crippen LogP contribution in [0.15, 0.2) is 42.5 Å². The Hall–Kier alpha value is -2.37. The molecule has 2 aromatic rings. The number of piperidine rings is 1. The summed E-state index contributed by atoms with van der Waals surface area (Å²) in [6.45, 7) is 2.35. The van der Waals surface area contributed by atoms with Gasteiger partial charge in [0.05, 0.1) is 18.1 Å². The summed E-state index contributed by atoms with van der Waals surface area (Å²) in [4.78, 5) is 27.0. The molecule has 0 aromatic heterocycles. The summed E-state index contributed by atoms with van der Waals surface area (Å²) < 4.78 is 4.83. The van der Waals surface area contributed by atoms with Gasteiger partial charge < -0.3 is 10.1 Å². The molecule has 27 heavy (non-hydrogen) atoms. The van der Waals surface area contributed by atoms with E-state index in [1.165, 1.54) is 7.11 Å². The fraction of sp³-hybridized carbons (Fsp3) is 0.333. The maximum Gasteiger partial charge on any atom is 0.337 e. The molecule has 0 atom stereocenters. The predicted molar refractivity (Wildman–Crippen MR) is 104 cm³/mol. The molecule has 2 aromatic carbocycles. The number of carbonyl (C=O) groups is 2. The Kier molecular flexibility index (Phi) is 4.66. The first-order valence-electron chi connectivity index (χ1n) is 9.03. The maximum absolute atomic E-state index is 12.8. The van der Waals surface area contributed by atoms with E-state index < -0.39 is 5.41 Å². The predicted octanol–water partition coefficient (Wildman–Crippen LogP) is 3.61. The van der Waals surface area contributed by atoms with Crippen LogP contribution in [0.3, 0.4) is 0 Å². The fourth-order valence-corrected chi connectivity index (χ4v) is 4.31. The lowest BCUT2D eigenvalue weighted by Crippen LogP contribution is -2.46. The quantitative estimate of drug-likeness (QED) is 0.821. The number of fused-ring (bicyclic) bond motifs is 2. The van der Waals surface area contributed by atoms with Gasteiger partial charge in [-0.1, -0.05) is 29.8 Å². The second kappa shape index (κ2) is 6.98. The number of ether oxygens (including phenoxy) is 1. The van der Waals surface area contributed by atoms with Crippen molar-refractivity contribution in [3.05, 3.63) is 64.2 Å². The first-order chi connectivity index (χ1) is 13.0. The molecule has 2 heterocycles. The van der Waals surface area contributed by atoms with Crippen LogP contribution >= 0.6 is 11.6 Å². The summed E-state index contributed by atoms with van der Waals surface area (Å²) in [6, 6.07) is 13.1. The van der Waals surface area contributed by atoms with Gasteiger partial charge in [-0.3, -0.25) is 9.69 Å². The standard InChI is InChI=1S/C21H21ClN2O3/c1-27-19(25)14-6-7-18-16(12-14)21(20(26)23-18)8-10-24(11-9-21)13-15-4-2-3-5-17(15)22/h2-7,12H,8-11,13H2,1H3,(H,23,26). The Bertz CT molecular complexity index is 904. The normalized spacial score (nSPS) is 18.2. The summed E-state index contributed by atoms with van der Waals surface area (Å²) in [6.07, 6.45) is 1.42. The third-order valence-corrected chi connectivity index (χ3v) is 6.07. The van der Waals surface area contributed by atoms with E-state index in [1.807, 2.05) is 30.3 Å². The van der Waals surface area contributed by atoms with Gasteiger partial charge in [0.25, 0.3) is 0 Å². The van der Waals surface area contributed by atoms with E-state index in [9.17, 15) is 9.59 Å². The van der Waals surface area contributed by atoms with Crippen LogP contribution in [0.25, 0.3) is 0 Å². The van der Waals surface area contributed by atoms with Crippen LogP contribution in [-0.4, -0.2) is 37.0 Å². The van der Waals surface area contributed by atoms with Crippen LogP contribution in [-0.2, 0) is 21.5 Å². The molecule has 0 saturated carbocycles. The minimum atomic E-state index is -0.573. The average molecular weight is 385 g/mol. The summed E-state index contributed by atoms with van der Waals surface area (Å²) in [5.41, 5.74) is 2.71. The van der Waals surface area contributed by atoms with Gasteiger partial charge in [-0.15, -0.1) is 0 Å². The number of nitrogens with one attached hydrogen (secondary N) is 1. The molecule has 0 bridgehead atoms. The lowest BCUT2D eigenvalue weighted by molar-refractivity contribution is -0.122. The number of esters is 1. The first kappa shape index (κ1) is 18.0. The molecule has 1 saturated heterocycles. The molecule has 1 amide bonds. The number of halogens is 1. The largest absolute Gasteiger partial charge is 0.465 e. The summed E-state index contributed by atoms with van der Waals surface area (Å²) >= 11 is 6.28. The molecule has 4 rings (SSSR count). The van der Waals surface area contributed by atoms with E-state index in [4.69, 9.17) is 16.3 Å². The Labute approximate surface area is 163 Å². The number of hydrogen-bond donors (Lipinski definition) is 1. The van der Waals surface area contributed by atoms with Gasteiger partial charge in [-0.25, -0.2) is 4.79 Å². The van der Waals surface area contributed by atoms with Crippen molar-refractivity contribution in [2.24, 2.45) is 0 Å². The number of rotatable bonds is 3. The summed E-state index contributed by atoms with van der Waals surface area (Å²) in [7, 11) is 1.36. The molecule has 6 heteroatoms. The molecular weight excluding hydrogens is 364 g/mol. The van der Waals surface area contributed by atoms with Crippen molar-refractivity contribution in [3.8, 4) is 0 Å². The van der Waals surface area contributed by atoms with Crippen molar-refractivity contribution < 1.29 is 14.3 Å². The van der Waals surface area contributed by atoms with Crippen LogP contribution in [0.5, 0.6) is 0 Å². The van der Waals surface area contributed by atoms with E-state index in [0.29, 0.717) is 18.4 Å². The van der Waals surface area contributed by atoms with E-state index in [0.717, 1.165) is 41.5 Å². The zero-order valence-electron chi connectivity index (χ0n) is 15.1. The maximum atomic E-state index is 12.8. The molecule has 0 unspecified atom stereocenters. The Morgan fingerprint density at radius 3 is 2.67 bits per heavy atom. The van der Waals surface area contributed by atoms with Gasteiger partial charge in [-0.2, -0.15) is 0 Å². The summed E-state index contributed by atoms with van der Waals surface area (Å²) in [5, 5.41) is 3.75. The van der Waals surface area contributed by atoms with Crippen LogP contribution in [0.1, 0.15) is 34.3 Å². The number of anilines is 1. The number of benzene rings is 2. The van der Waals surface area contributed by atoms with E-state index in [1.54, 1.807) is 12.1 Å². The van der Waals surface area contributed by atoms with Crippen molar-refractivity contribution in [3.63, 3.8) is 0 Å². The topological polar surface area (TPSA) is 58.6 Å². The summed E-state index contributed by atoms with van der Waals surface area (Å²) in [5.74, 6) is -0.361. The molecular formula is C21H21ClN2O3. The highest BCUT2D eigenvalue weighted by molar-refractivity contribution is 6.31. The number of amides is 1. The van der Waals surface area contributed by atoms with E-state index in [-0.39, 0.29) is 11.9 Å². The second-order valence-electron chi connectivity index (χ2n) is 7.16. The van der Waals surface area contributed by atoms with Crippen LogP contribution < -0.4 is 5.32 Å². The zero-order chi connectivity index (χ0) is 19.0. The smallest absolute Gasteiger partial charge is 0.337 e. The van der Waals surface area contributed by atoms with Crippen molar-refractivity contribution >= 4 is 29.2 Å². The van der Waals surface area contributed by atoms with E-state index in [2.05, 4.69) is 10.2 Å². The molecule has 1 fully saturated rings. The number of methoxy groups -OCH3 is 1. The molecule has 1 N–H and O–H groups in total. The third kappa shape index (κ3) is 3.11. The van der Waals surface area contributed by atoms with Gasteiger partial charge in [0, 0.05) is 17.3 Å². The van der Waals surface area contributed by atoms with Crippen LogP contribution in [0.2, 0.25) is 5.02 Å². The second-order valence-corrected chi connectivity index (χ2v) is 7.56. The molecule has 5 nitrogen and oxygen atoms in total. The Morgan fingerprint density at radius 1 is 1.22 bits per heavy atom. The van der Waals surface area contributed by atoms with Gasteiger partial charge in [0.15, 0.2) is 0 Å². The number of hydrogen-bond acceptors (Lipinski definition) is 4. The highest BCUT2D eigenvalue weighted by Gasteiger charge is 2.48. The molecule has 0 aliphatic carbocycles. The molecule has 1 spiro atoms. The first-order valence-corrected chi connectivity index (χ1v) is 9.41. The zero-order valence-corrected chi connectivity index (χ0v) is 15.9. The molecule has 140 valence electrons. The minimum absolute atomic E-state index is 0.0249. The van der Waals surface area contributed by atoms with Crippen molar-refractivity contribution in [2.45, 2.75) is 24.8 Å². The lowest BCUT2D eigenvalue weighted by Gasteiger charge is -2.38. The molecule has 0 radical (unpaired) electrons. The average Bonchev–Trinajstić information content (AvgIpc) is 2.95. The van der Waals surface area contributed by atoms with Gasteiger partial charge in [0.2, 0.25) is 5.91 Å². The van der Waals surface area contributed by atoms with Crippen LogP contribution in [0.4, 0.5) is 5.69 Å². The Morgan fingerprint density at radius 2 is 1.96 bits per heavy atom. The van der Waals surface area contributed by atoms with Crippen molar-refractivity contribution in [1.82, 2.24) is 4.90 Å². The fourth-order valence-electron chi connectivity index (χ4n) is 4.12. The third-order valence-electron chi connectivity index (χ3n) is 5.70. The highest BCUT2D eigenvalue weighted by atomic mass is 35.5. The number of likely N-dealkylation sites (tertiary alicyclic amines) is 1. The number of carbonyl (C=O) groups excluding carboxylic acids is 2. The van der Waals surface area contributed by atoms with Crippen molar-refractivity contribution in [2.75, 3.05) is 25.5 Å².